The number of rotatable bonds is 6. The summed E-state index contributed by atoms with van der Waals surface area (Å²) in [5, 5.41) is 3.62. The highest BCUT2D eigenvalue weighted by Crippen LogP contribution is 2.16. The molecule has 0 bridgehead atoms. The molecule has 0 aliphatic carbocycles. The number of hydrogen-bond acceptors (Lipinski definition) is 3. The Labute approximate surface area is 92.2 Å². The van der Waals surface area contributed by atoms with E-state index in [0.717, 1.165) is 31.6 Å². The molecule has 0 saturated carbocycles. The second-order valence-corrected chi connectivity index (χ2v) is 5.29. The SMILES string of the molecule is CSCC(C)CNC(C)C1CCOC1. The summed E-state index contributed by atoms with van der Waals surface area (Å²) in [6.07, 6.45) is 3.40. The van der Waals surface area contributed by atoms with Crippen molar-refractivity contribution < 1.29 is 4.74 Å². The molecule has 1 aliphatic rings. The van der Waals surface area contributed by atoms with Gasteiger partial charge in [-0.1, -0.05) is 6.92 Å². The van der Waals surface area contributed by atoms with Gasteiger partial charge in [-0.05, 0) is 43.7 Å². The lowest BCUT2D eigenvalue weighted by atomic mass is 10.0. The van der Waals surface area contributed by atoms with Crippen LogP contribution < -0.4 is 5.32 Å². The predicted molar refractivity (Wildman–Crippen MR) is 63.9 cm³/mol. The molecule has 1 rings (SSSR count). The van der Waals surface area contributed by atoms with Crippen molar-refractivity contribution in [1.29, 1.82) is 0 Å². The van der Waals surface area contributed by atoms with E-state index in [2.05, 4.69) is 25.4 Å². The number of ether oxygens (including phenoxy) is 1. The van der Waals surface area contributed by atoms with Crippen LogP contribution in [0.2, 0.25) is 0 Å². The second kappa shape index (κ2) is 6.70. The van der Waals surface area contributed by atoms with E-state index >= 15 is 0 Å². The molecule has 2 nitrogen and oxygen atoms in total. The van der Waals surface area contributed by atoms with Crippen molar-refractivity contribution in [2.45, 2.75) is 26.3 Å². The van der Waals surface area contributed by atoms with Crippen LogP contribution in [0.3, 0.4) is 0 Å². The minimum Gasteiger partial charge on any atom is -0.381 e. The Morgan fingerprint density at radius 2 is 2.29 bits per heavy atom. The fourth-order valence-electron chi connectivity index (χ4n) is 1.84. The van der Waals surface area contributed by atoms with Gasteiger partial charge in [0.05, 0.1) is 6.61 Å². The molecule has 84 valence electrons. The molecule has 0 aromatic rings. The van der Waals surface area contributed by atoms with E-state index in [-0.39, 0.29) is 0 Å². The number of thioether (sulfide) groups is 1. The van der Waals surface area contributed by atoms with Crippen molar-refractivity contribution in [3.05, 3.63) is 0 Å². The highest BCUT2D eigenvalue weighted by Gasteiger charge is 2.21. The van der Waals surface area contributed by atoms with E-state index in [1.165, 1.54) is 12.2 Å². The maximum atomic E-state index is 5.39. The van der Waals surface area contributed by atoms with Crippen LogP contribution >= 0.6 is 11.8 Å². The number of hydrogen-bond donors (Lipinski definition) is 1. The summed E-state index contributed by atoms with van der Waals surface area (Å²) in [6.45, 7) is 7.63. The smallest absolute Gasteiger partial charge is 0.0509 e. The Morgan fingerprint density at radius 1 is 1.50 bits per heavy atom. The highest BCUT2D eigenvalue weighted by molar-refractivity contribution is 7.98. The Bertz CT molecular complexity index is 148. The first-order valence-electron chi connectivity index (χ1n) is 5.54. The largest absolute Gasteiger partial charge is 0.381 e. The summed E-state index contributed by atoms with van der Waals surface area (Å²) in [4.78, 5) is 0. The van der Waals surface area contributed by atoms with E-state index in [4.69, 9.17) is 4.74 Å². The summed E-state index contributed by atoms with van der Waals surface area (Å²) >= 11 is 1.93. The first-order valence-corrected chi connectivity index (χ1v) is 6.93. The minimum absolute atomic E-state index is 0.613. The third kappa shape index (κ3) is 4.20. The Morgan fingerprint density at radius 3 is 2.86 bits per heavy atom. The molecule has 1 N–H and O–H groups in total. The summed E-state index contributed by atoms with van der Waals surface area (Å²) in [5.41, 5.74) is 0. The number of nitrogens with one attached hydrogen (secondary N) is 1. The van der Waals surface area contributed by atoms with E-state index < -0.39 is 0 Å². The van der Waals surface area contributed by atoms with Crippen LogP contribution in [0.15, 0.2) is 0 Å². The molecule has 1 heterocycles. The fraction of sp³-hybridized carbons (Fsp3) is 1.00. The van der Waals surface area contributed by atoms with Crippen LogP contribution in [-0.4, -0.2) is 37.8 Å². The van der Waals surface area contributed by atoms with Crippen LogP contribution in [0.4, 0.5) is 0 Å². The van der Waals surface area contributed by atoms with Gasteiger partial charge >= 0.3 is 0 Å². The van der Waals surface area contributed by atoms with Gasteiger partial charge in [-0.2, -0.15) is 11.8 Å². The molecule has 1 fully saturated rings. The van der Waals surface area contributed by atoms with Crippen molar-refractivity contribution in [3.8, 4) is 0 Å². The molecule has 0 radical (unpaired) electrons. The minimum atomic E-state index is 0.613. The monoisotopic (exact) mass is 217 g/mol. The second-order valence-electron chi connectivity index (χ2n) is 4.38. The van der Waals surface area contributed by atoms with Gasteiger partial charge in [0, 0.05) is 12.6 Å². The molecule has 3 heteroatoms. The molecule has 1 saturated heterocycles. The average Bonchev–Trinajstić information content (AvgIpc) is 2.67. The van der Waals surface area contributed by atoms with Gasteiger partial charge in [0.15, 0.2) is 0 Å². The molecule has 14 heavy (non-hydrogen) atoms. The molecule has 0 amide bonds. The zero-order valence-corrected chi connectivity index (χ0v) is 10.4. The molecular formula is C11H23NOS. The van der Waals surface area contributed by atoms with Crippen LogP contribution in [0.1, 0.15) is 20.3 Å². The fourth-order valence-corrected chi connectivity index (χ4v) is 2.53. The zero-order chi connectivity index (χ0) is 10.4. The van der Waals surface area contributed by atoms with Crippen LogP contribution in [0.25, 0.3) is 0 Å². The molecule has 1 aliphatic heterocycles. The maximum Gasteiger partial charge on any atom is 0.0509 e. The highest BCUT2D eigenvalue weighted by atomic mass is 32.2. The van der Waals surface area contributed by atoms with Crippen molar-refractivity contribution in [2.24, 2.45) is 11.8 Å². The topological polar surface area (TPSA) is 21.3 Å². The Kier molecular flexibility index (Phi) is 5.90. The van der Waals surface area contributed by atoms with Gasteiger partial charge in [-0.15, -0.1) is 0 Å². The van der Waals surface area contributed by atoms with Crippen molar-refractivity contribution >= 4 is 11.8 Å². The lowest BCUT2D eigenvalue weighted by Gasteiger charge is -2.21. The molecule has 0 aromatic carbocycles. The quantitative estimate of drug-likeness (QED) is 0.735. The molecule has 3 unspecified atom stereocenters. The summed E-state index contributed by atoms with van der Waals surface area (Å²) < 4.78 is 5.39. The zero-order valence-electron chi connectivity index (χ0n) is 9.58. The van der Waals surface area contributed by atoms with Crippen molar-refractivity contribution in [1.82, 2.24) is 5.32 Å². The van der Waals surface area contributed by atoms with Crippen LogP contribution in [0, 0.1) is 11.8 Å². The molecule has 0 aromatic heterocycles. The summed E-state index contributed by atoms with van der Waals surface area (Å²) in [5.74, 6) is 2.76. The van der Waals surface area contributed by atoms with Gasteiger partial charge < -0.3 is 10.1 Å². The van der Waals surface area contributed by atoms with E-state index in [1.54, 1.807) is 0 Å². The van der Waals surface area contributed by atoms with E-state index in [1.807, 2.05) is 11.8 Å². The van der Waals surface area contributed by atoms with Gasteiger partial charge in [-0.3, -0.25) is 0 Å². The van der Waals surface area contributed by atoms with Crippen LogP contribution in [-0.2, 0) is 4.74 Å². The lowest BCUT2D eigenvalue weighted by molar-refractivity contribution is 0.178. The Hall–Kier alpha value is 0.270. The molecular weight excluding hydrogens is 194 g/mol. The van der Waals surface area contributed by atoms with Crippen molar-refractivity contribution in [3.63, 3.8) is 0 Å². The van der Waals surface area contributed by atoms with Gasteiger partial charge in [0.1, 0.15) is 0 Å². The standard InChI is InChI=1S/C11H23NOS/c1-9(8-14-3)6-12-10(2)11-4-5-13-7-11/h9-12H,4-8H2,1-3H3. The maximum absolute atomic E-state index is 5.39. The van der Waals surface area contributed by atoms with Gasteiger partial charge in [0.2, 0.25) is 0 Å². The predicted octanol–water partition coefficient (Wildman–Crippen LogP) is 2.00. The van der Waals surface area contributed by atoms with Crippen LogP contribution in [0.5, 0.6) is 0 Å². The summed E-state index contributed by atoms with van der Waals surface area (Å²) in [6, 6.07) is 0.613. The van der Waals surface area contributed by atoms with E-state index in [0.29, 0.717) is 6.04 Å². The van der Waals surface area contributed by atoms with E-state index in [9.17, 15) is 0 Å². The normalized spacial score (nSPS) is 26.4. The van der Waals surface area contributed by atoms with Gasteiger partial charge in [0.25, 0.3) is 0 Å². The third-order valence-corrected chi connectivity index (χ3v) is 3.81. The third-order valence-electron chi connectivity index (χ3n) is 2.91. The lowest BCUT2D eigenvalue weighted by Crippen LogP contribution is -2.37. The average molecular weight is 217 g/mol. The molecule has 0 spiro atoms. The summed E-state index contributed by atoms with van der Waals surface area (Å²) in [7, 11) is 0. The van der Waals surface area contributed by atoms with Crippen molar-refractivity contribution in [2.75, 3.05) is 31.8 Å². The first kappa shape index (κ1) is 12.3. The molecule has 3 atom stereocenters. The first-order chi connectivity index (χ1) is 6.74. The Balaban J connectivity index is 2.10. The van der Waals surface area contributed by atoms with Gasteiger partial charge in [-0.25, -0.2) is 0 Å².